The van der Waals surface area contributed by atoms with E-state index in [2.05, 4.69) is 25.8 Å². The number of likely N-dealkylation sites (tertiary alicyclic amines) is 1. The zero-order valence-electron chi connectivity index (χ0n) is 10.7. The summed E-state index contributed by atoms with van der Waals surface area (Å²) in [4.78, 5) is 2.45. The minimum Gasteiger partial charge on any atom is -0.303 e. The first-order valence-corrected chi connectivity index (χ1v) is 5.92. The predicted molar refractivity (Wildman–Crippen MR) is 63.2 cm³/mol. The van der Waals surface area contributed by atoms with Gasteiger partial charge in [-0.15, -0.1) is 0 Å². The van der Waals surface area contributed by atoms with Crippen molar-refractivity contribution in [2.45, 2.75) is 60.4 Å². The van der Waals surface area contributed by atoms with Crippen molar-refractivity contribution in [3.05, 3.63) is 0 Å². The van der Waals surface area contributed by atoms with Gasteiger partial charge in [0.05, 0.1) is 0 Å². The highest BCUT2D eigenvalue weighted by molar-refractivity contribution is 4.75. The molecule has 1 rings (SSSR count). The van der Waals surface area contributed by atoms with Crippen molar-refractivity contribution in [3.8, 4) is 0 Å². The molecule has 1 aliphatic rings. The molecule has 0 aromatic rings. The summed E-state index contributed by atoms with van der Waals surface area (Å²) < 4.78 is 0. The van der Waals surface area contributed by atoms with Gasteiger partial charge in [0.15, 0.2) is 0 Å². The third kappa shape index (κ3) is 6.09. The average Bonchev–Trinajstić information content (AvgIpc) is 2.20. The highest BCUT2D eigenvalue weighted by Gasteiger charge is 2.20. The SMILES string of the molecule is CC.CC.CC1CCCN(C)C1C. The number of hydrogen-bond acceptors (Lipinski definition) is 1. The molecule has 1 saturated heterocycles. The fourth-order valence-electron chi connectivity index (χ4n) is 1.54. The average molecular weight is 187 g/mol. The number of rotatable bonds is 0. The third-order valence-electron chi connectivity index (χ3n) is 2.69. The summed E-state index contributed by atoms with van der Waals surface area (Å²) in [6.45, 7) is 14.0. The molecule has 82 valence electrons. The van der Waals surface area contributed by atoms with Gasteiger partial charge in [0.1, 0.15) is 0 Å². The molecule has 2 unspecified atom stereocenters. The summed E-state index contributed by atoms with van der Waals surface area (Å²) in [7, 11) is 2.22. The highest BCUT2D eigenvalue weighted by Crippen LogP contribution is 2.20. The molecule has 1 fully saturated rings. The van der Waals surface area contributed by atoms with Crippen LogP contribution >= 0.6 is 0 Å². The van der Waals surface area contributed by atoms with Crippen LogP contribution in [-0.2, 0) is 0 Å². The Hall–Kier alpha value is -0.0400. The van der Waals surface area contributed by atoms with Gasteiger partial charge in [-0.2, -0.15) is 0 Å². The molecule has 0 aromatic carbocycles. The van der Waals surface area contributed by atoms with Crippen molar-refractivity contribution in [2.75, 3.05) is 13.6 Å². The maximum absolute atomic E-state index is 2.45. The number of nitrogens with zero attached hydrogens (tertiary/aromatic N) is 1. The van der Waals surface area contributed by atoms with Gasteiger partial charge in [-0.25, -0.2) is 0 Å². The van der Waals surface area contributed by atoms with Gasteiger partial charge >= 0.3 is 0 Å². The van der Waals surface area contributed by atoms with Gasteiger partial charge in [-0.1, -0.05) is 34.6 Å². The molecule has 1 heteroatoms. The van der Waals surface area contributed by atoms with E-state index in [4.69, 9.17) is 0 Å². The van der Waals surface area contributed by atoms with Gasteiger partial charge in [0, 0.05) is 6.04 Å². The Kier molecular flexibility index (Phi) is 11.9. The van der Waals surface area contributed by atoms with E-state index in [0.29, 0.717) is 0 Å². The van der Waals surface area contributed by atoms with E-state index in [1.807, 2.05) is 27.7 Å². The van der Waals surface area contributed by atoms with Crippen LogP contribution in [0.5, 0.6) is 0 Å². The topological polar surface area (TPSA) is 3.24 Å². The van der Waals surface area contributed by atoms with Crippen LogP contribution in [0.3, 0.4) is 0 Å². The summed E-state index contributed by atoms with van der Waals surface area (Å²) in [5.74, 6) is 0.906. The van der Waals surface area contributed by atoms with Crippen LogP contribution in [0.1, 0.15) is 54.4 Å². The van der Waals surface area contributed by atoms with E-state index in [1.165, 1.54) is 19.4 Å². The molecule has 0 amide bonds. The van der Waals surface area contributed by atoms with Crippen molar-refractivity contribution in [3.63, 3.8) is 0 Å². The molecule has 0 saturated carbocycles. The maximum atomic E-state index is 2.45. The fraction of sp³-hybridized carbons (Fsp3) is 1.00. The fourth-order valence-corrected chi connectivity index (χ4v) is 1.54. The first kappa shape index (κ1) is 15.4. The van der Waals surface area contributed by atoms with E-state index >= 15 is 0 Å². The Bertz CT molecular complexity index is 81.1. The van der Waals surface area contributed by atoms with E-state index in [0.717, 1.165) is 12.0 Å². The van der Waals surface area contributed by atoms with E-state index in [-0.39, 0.29) is 0 Å². The molecular weight excluding hydrogens is 158 g/mol. The lowest BCUT2D eigenvalue weighted by Gasteiger charge is -2.34. The van der Waals surface area contributed by atoms with Crippen LogP contribution < -0.4 is 0 Å². The maximum Gasteiger partial charge on any atom is 0.00895 e. The summed E-state index contributed by atoms with van der Waals surface area (Å²) in [5.41, 5.74) is 0. The molecule has 0 radical (unpaired) electrons. The highest BCUT2D eigenvalue weighted by atomic mass is 15.1. The smallest absolute Gasteiger partial charge is 0.00895 e. The Balaban J connectivity index is 0. The molecule has 13 heavy (non-hydrogen) atoms. The standard InChI is InChI=1S/C8H17N.2C2H6/c1-7-5-4-6-9(3)8(7)2;2*1-2/h7-8H,4-6H2,1-3H3;2*1-2H3. The second-order valence-corrected chi connectivity index (χ2v) is 3.34. The molecule has 0 bridgehead atoms. The van der Waals surface area contributed by atoms with Crippen molar-refractivity contribution in [1.82, 2.24) is 4.90 Å². The van der Waals surface area contributed by atoms with Crippen LogP contribution in [0.2, 0.25) is 0 Å². The Morgan fingerprint density at radius 1 is 1.00 bits per heavy atom. The van der Waals surface area contributed by atoms with Crippen molar-refractivity contribution in [2.24, 2.45) is 5.92 Å². The molecule has 0 aliphatic carbocycles. The van der Waals surface area contributed by atoms with E-state index < -0.39 is 0 Å². The first-order chi connectivity index (χ1) is 6.22. The van der Waals surface area contributed by atoms with E-state index in [1.54, 1.807) is 0 Å². The lowest BCUT2D eigenvalue weighted by molar-refractivity contribution is 0.145. The van der Waals surface area contributed by atoms with Crippen molar-refractivity contribution < 1.29 is 0 Å². The minimum atomic E-state index is 0.804. The second kappa shape index (κ2) is 10.0. The van der Waals surface area contributed by atoms with Crippen LogP contribution in [0.15, 0.2) is 0 Å². The molecule has 0 aromatic heterocycles. The molecular formula is C12H29N. The monoisotopic (exact) mass is 187 g/mol. The first-order valence-electron chi connectivity index (χ1n) is 5.92. The summed E-state index contributed by atoms with van der Waals surface area (Å²) in [6.07, 6.45) is 2.81. The molecule has 1 nitrogen and oxygen atoms in total. The van der Waals surface area contributed by atoms with Gasteiger partial charge in [0.2, 0.25) is 0 Å². The molecule has 1 heterocycles. The molecule has 1 aliphatic heterocycles. The summed E-state index contributed by atoms with van der Waals surface area (Å²) in [5, 5.41) is 0. The van der Waals surface area contributed by atoms with Gasteiger partial charge in [-0.3, -0.25) is 0 Å². The largest absolute Gasteiger partial charge is 0.303 e. The second-order valence-electron chi connectivity index (χ2n) is 3.34. The van der Waals surface area contributed by atoms with Crippen LogP contribution in [0, 0.1) is 5.92 Å². The molecule has 0 N–H and O–H groups in total. The van der Waals surface area contributed by atoms with Crippen LogP contribution in [0.4, 0.5) is 0 Å². The van der Waals surface area contributed by atoms with E-state index in [9.17, 15) is 0 Å². The van der Waals surface area contributed by atoms with Crippen LogP contribution in [-0.4, -0.2) is 24.5 Å². The Morgan fingerprint density at radius 2 is 1.46 bits per heavy atom. The zero-order chi connectivity index (χ0) is 10.9. The predicted octanol–water partition coefficient (Wildman–Crippen LogP) is 3.79. The van der Waals surface area contributed by atoms with Crippen molar-refractivity contribution in [1.29, 1.82) is 0 Å². The minimum absolute atomic E-state index is 0.804. The summed E-state index contributed by atoms with van der Waals surface area (Å²) >= 11 is 0. The number of piperidine rings is 1. The lowest BCUT2D eigenvalue weighted by atomic mass is 9.93. The van der Waals surface area contributed by atoms with Crippen LogP contribution in [0.25, 0.3) is 0 Å². The van der Waals surface area contributed by atoms with Crippen molar-refractivity contribution >= 4 is 0 Å². The number of hydrogen-bond donors (Lipinski definition) is 0. The normalized spacial score (nSPS) is 27.9. The quantitative estimate of drug-likeness (QED) is 0.558. The molecule has 0 spiro atoms. The Labute approximate surface area is 85.5 Å². The zero-order valence-corrected chi connectivity index (χ0v) is 10.7. The van der Waals surface area contributed by atoms with Gasteiger partial charge in [-0.05, 0) is 39.3 Å². The Morgan fingerprint density at radius 3 is 1.77 bits per heavy atom. The molecule has 2 atom stereocenters. The van der Waals surface area contributed by atoms with Gasteiger partial charge < -0.3 is 4.90 Å². The van der Waals surface area contributed by atoms with Gasteiger partial charge in [0.25, 0.3) is 0 Å². The third-order valence-corrected chi connectivity index (χ3v) is 2.69. The lowest BCUT2D eigenvalue weighted by Crippen LogP contribution is -2.39. The summed E-state index contributed by atoms with van der Waals surface area (Å²) in [6, 6.07) is 0.804.